The van der Waals surface area contributed by atoms with Crippen LogP contribution in [-0.2, 0) is 65.4 Å². The fraction of sp³-hybridized carbons (Fsp3) is 0.823. The van der Waals surface area contributed by atoms with Crippen LogP contribution in [0, 0.1) is 0 Å². The van der Waals surface area contributed by atoms with Gasteiger partial charge in [-0.1, -0.05) is 313 Å². The Labute approximate surface area is 597 Å². The second kappa shape index (κ2) is 72.1. The van der Waals surface area contributed by atoms with Crippen molar-refractivity contribution in [3.8, 4) is 0 Å². The molecule has 17 nitrogen and oxygen atoms in total. The van der Waals surface area contributed by atoms with Crippen molar-refractivity contribution >= 4 is 39.5 Å². The molecule has 0 amide bonds. The Morgan fingerprint density at radius 2 is 0.551 bits per heavy atom. The van der Waals surface area contributed by atoms with Gasteiger partial charge in [-0.15, -0.1) is 0 Å². The molecule has 0 aromatic heterocycles. The van der Waals surface area contributed by atoms with Gasteiger partial charge in [-0.3, -0.25) is 37.3 Å². The molecular weight excluding hydrogens is 1280 g/mol. The molecule has 0 aliphatic heterocycles. The molecule has 0 aromatic carbocycles. The number of rotatable bonds is 75. The normalized spacial score (nSPS) is 14.2. The summed E-state index contributed by atoms with van der Waals surface area (Å²) in [6.07, 6.45) is 70.6. The van der Waals surface area contributed by atoms with Crippen LogP contribution in [0.3, 0.4) is 0 Å². The number of hydrogen-bond acceptors (Lipinski definition) is 15. The minimum atomic E-state index is -4.97. The molecule has 0 saturated carbocycles. The molecule has 0 rings (SSSR count). The number of carbonyl (C=O) groups excluding carboxylic acids is 4. The maximum atomic E-state index is 13.1. The molecule has 0 fully saturated rings. The Balaban J connectivity index is 5.32. The number of unbranched alkanes of at least 4 members (excludes halogenated alkanes) is 39. The molecule has 19 heteroatoms. The Hall–Kier alpha value is -3.24. The summed E-state index contributed by atoms with van der Waals surface area (Å²) in [7, 11) is -9.94. The van der Waals surface area contributed by atoms with Crippen LogP contribution < -0.4 is 0 Å². The van der Waals surface area contributed by atoms with Gasteiger partial charge in [0.2, 0.25) is 0 Å². The summed E-state index contributed by atoms with van der Waals surface area (Å²) >= 11 is 0. The molecule has 0 heterocycles. The van der Waals surface area contributed by atoms with E-state index in [0.717, 1.165) is 148 Å². The summed E-state index contributed by atoms with van der Waals surface area (Å²) in [5.74, 6) is -2.17. The second-order valence-electron chi connectivity index (χ2n) is 26.6. The van der Waals surface area contributed by atoms with E-state index >= 15 is 0 Å². The highest BCUT2D eigenvalue weighted by atomic mass is 31.2. The summed E-state index contributed by atoms with van der Waals surface area (Å²) in [6, 6.07) is 0. The van der Waals surface area contributed by atoms with Crippen LogP contribution in [0.4, 0.5) is 0 Å². The molecule has 0 radical (unpaired) electrons. The lowest BCUT2D eigenvalue weighted by Crippen LogP contribution is -2.30. The lowest BCUT2D eigenvalue weighted by molar-refractivity contribution is -0.161. The molecule has 0 aliphatic rings. The zero-order valence-corrected chi connectivity index (χ0v) is 64.3. The highest BCUT2D eigenvalue weighted by Crippen LogP contribution is 2.45. The largest absolute Gasteiger partial charge is 0.472 e. The van der Waals surface area contributed by atoms with Gasteiger partial charge in [0.05, 0.1) is 26.4 Å². The number of hydrogen-bond donors (Lipinski definition) is 3. The predicted octanol–water partition coefficient (Wildman–Crippen LogP) is 22.7. The number of carbonyl (C=O) groups is 4. The lowest BCUT2D eigenvalue weighted by Gasteiger charge is -2.21. The van der Waals surface area contributed by atoms with E-state index in [1.165, 1.54) is 135 Å². The van der Waals surface area contributed by atoms with Gasteiger partial charge in [-0.2, -0.15) is 0 Å². The Bertz CT molecular complexity index is 2100. The van der Waals surface area contributed by atoms with E-state index in [-0.39, 0.29) is 25.7 Å². The van der Waals surface area contributed by atoms with Crippen LogP contribution in [0.1, 0.15) is 362 Å². The van der Waals surface area contributed by atoms with Gasteiger partial charge in [0, 0.05) is 25.7 Å². The first-order valence-corrected chi connectivity index (χ1v) is 42.5. The first-order chi connectivity index (χ1) is 47.7. The summed E-state index contributed by atoms with van der Waals surface area (Å²) < 4.78 is 68.6. The van der Waals surface area contributed by atoms with Crippen LogP contribution in [0.25, 0.3) is 0 Å². The minimum absolute atomic E-state index is 0.0839. The average Bonchev–Trinajstić information content (AvgIpc) is 1.04. The van der Waals surface area contributed by atoms with Gasteiger partial charge in [0.15, 0.2) is 12.2 Å². The van der Waals surface area contributed by atoms with Crippen molar-refractivity contribution in [2.24, 2.45) is 0 Å². The van der Waals surface area contributed by atoms with Crippen molar-refractivity contribution in [1.82, 2.24) is 0 Å². The first kappa shape index (κ1) is 94.8. The van der Waals surface area contributed by atoms with Gasteiger partial charge in [-0.05, 0) is 83.5 Å². The molecule has 5 unspecified atom stereocenters. The van der Waals surface area contributed by atoms with Gasteiger partial charge >= 0.3 is 39.5 Å². The number of phosphoric acid groups is 2. The number of phosphoric ester groups is 2. The van der Waals surface area contributed by atoms with E-state index in [2.05, 4.69) is 88.5 Å². The van der Waals surface area contributed by atoms with Crippen molar-refractivity contribution in [1.29, 1.82) is 0 Å². The van der Waals surface area contributed by atoms with Crippen molar-refractivity contribution < 1.29 is 80.2 Å². The molecule has 0 spiro atoms. The van der Waals surface area contributed by atoms with Gasteiger partial charge in [0.25, 0.3) is 0 Å². The molecule has 0 saturated heterocycles. The molecule has 3 N–H and O–H groups in total. The fourth-order valence-electron chi connectivity index (χ4n) is 11.0. The summed E-state index contributed by atoms with van der Waals surface area (Å²) in [6.45, 7) is 4.74. The van der Waals surface area contributed by atoms with Crippen molar-refractivity contribution in [3.63, 3.8) is 0 Å². The Kier molecular flexibility index (Phi) is 69.7. The zero-order chi connectivity index (χ0) is 71.8. The standard InChI is InChI=1S/C79H144O17P2/c1-5-9-13-17-21-25-29-33-36-40-43-47-51-55-59-63-76(81)89-69-74(95-78(83)65-61-57-53-49-45-39-32-28-24-20-16-12-8-4)71-93-97(85,86)91-67-73(80)68-92-98(87,88)94-72-75(96-79(84)66-62-58-54-50-46-42-38-35-31-27-23-19-15-11-7-3)70-90-77(82)64-60-56-52-48-44-41-37-34-30-26-22-18-14-10-6-2/h10,14,16,20,22,26,28,32,34,37,73-75,80H,5-9,11-13,15,17-19,21,23-25,27,29-31,33,35-36,38-72H2,1-4H3,(H,85,86)(H,87,88)/b14-10-,20-16-,26-22-,32-28-,37-34-. The average molecular weight is 1430 g/mol. The van der Waals surface area contributed by atoms with Crippen LogP contribution in [-0.4, -0.2) is 96.7 Å². The highest BCUT2D eigenvalue weighted by Gasteiger charge is 2.30. The minimum Gasteiger partial charge on any atom is -0.462 e. The zero-order valence-electron chi connectivity index (χ0n) is 62.5. The van der Waals surface area contributed by atoms with Gasteiger partial charge < -0.3 is 33.8 Å². The SMILES string of the molecule is CC/C=C\C/C=C\C/C=C\CCCCCCCC(=O)OCC(COP(=O)(O)OCC(O)COP(=O)(O)OCC(COC(=O)CCCCCCCCCCCCCCCCC)OC(=O)CCCCCCC/C=C\C/C=C\CCC)OC(=O)CCCCCCCCCCCCCCCCC. The summed E-state index contributed by atoms with van der Waals surface area (Å²) in [4.78, 5) is 72.9. The molecule has 0 aromatic rings. The third-order valence-electron chi connectivity index (χ3n) is 17.0. The first-order valence-electron chi connectivity index (χ1n) is 39.5. The monoisotopic (exact) mass is 1430 g/mol. The number of aliphatic hydroxyl groups excluding tert-OH is 1. The van der Waals surface area contributed by atoms with E-state index < -0.39 is 97.5 Å². The van der Waals surface area contributed by atoms with Crippen molar-refractivity contribution in [2.75, 3.05) is 39.6 Å². The number of ether oxygens (including phenoxy) is 4. The highest BCUT2D eigenvalue weighted by molar-refractivity contribution is 7.47. The molecule has 5 atom stereocenters. The Morgan fingerprint density at radius 3 is 0.857 bits per heavy atom. The van der Waals surface area contributed by atoms with Crippen LogP contribution in [0.2, 0.25) is 0 Å². The topological polar surface area (TPSA) is 237 Å². The molecule has 0 bridgehead atoms. The fourth-order valence-corrected chi connectivity index (χ4v) is 12.6. The van der Waals surface area contributed by atoms with Gasteiger partial charge in [-0.25, -0.2) is 9.13 Å². The van der Waals surface area contributed by atoms with E-state index in [1.807, 2.05) is 0 Å². The van der Waals surface area contributed by atoms with E-state index in [4.69, 9.17) is 37.0 Å². The van der Waals surface area contributed by atoms with Crippen molar-refractivity contribution in [2.45, 2.75) is 380 Å². The number of allylic oxidation sites excluding steroid dienone is 10. The smallest absolute Gasteiger partial charge is 0.462 e. The van der Waals surface area contributed by atoms with E-state index in [1.54, 1.807) is 0 Å². The number of esters is 4. The van der Waals surface area contributed by atoms with E-state index in [9.17, 15) is 43.2 Å². The molecule has 98 heavy (non-hydrogen) atoms. The second-order valence-corrected chi connectivity index (χ2v) is 29.5. The maximum Gasteiger partial charge on any atom is 0.472 e. The van der Waals surface area contributed by atoms with Crippen LogP contribution in [0.5, 0.6) is 0 Å². The van der Waals surface area contributed by atoms with Crippen LogP contribution in [0.15, 0.2) is 60.8 Å². The predicted molar refractivity (Wildman–Crippen MR) is 400 cm³/mol. The van der Waals surface area contributed by atoms with Gasteiger partial charge in [0.1, 0.15) is 19.3 Å². The number of aliphatic hydroxyl groups is 1. The third kappa shape index (κ3) is 71.2. The lowest BCUT2D eigenvalue weighted by atomic mass is 10.0. The summed E-state index contributed by atoms with van der Waals surface area (Å²) in [5.41, 5.74) is 0. The van der Waals surface area contributed by atoms with Crippen molar-refractivity contribution in [3.05, 3.63) is 60.8 Å². The maximum absolute atomic E-state index is 13.1. The molecule has 572 valence electrons. The van der Waals surface area contributed by atoms with E-state index in [0.29, 0.717) is 25.7 Å². The third-order valence-corrected chi connectivity index (χ3v) is 18.9. The molecule has 0 aliphatic carbocycles. The summed E-state index contributed by atoms with van der Waals surface area (Å²) in [5, 5.41) is 10.6. The quantitative estimate of drug-likeness (QED) is 0.0169. The molecular formula is C79H144O17P2. The Morgan fingerprint density at radius 1 is 0.296 bits per heavy atom. The van der Waals surface area contributed by atoms with Crippen LogP contribution >= 0.6 is 15.6 Å².